The van der Waals surface area contributed by atoms with Crippen LogP contribution in [0.15, 0.2) is 54.6 Å². The number of carboxylic acid groups (broad SMARTS) is 1. The Kier molecular flexibility index (Phi) is 6.89. The number of nitrogens with one attached hydrogen (secondary N) is 1. The smallest absolute Gasteiger partial charge is 0.475 e. The van der Waals surface area contributed by atoms with Crippen LogP contribution in [0.5, 0.6) is 0 Å². The summed E-state index contributed by atoms with van der Waals surface area (Å²) in [6, 6.07) is 15.4. The minimum Gasteiger partial charge on any atom is -0.475 e. The van der Waals surface area contributed by atoms with E-state index in [4.69, 9.17) is 20.4 Å². The van der Waals surface area contributed by atoms with E-state index in [1.165, 1.54) is 12.1 Å². The average molecular weight is 491 g/mol. The molecule has 2 aromatic carbocycles. The Balaban J connectivity index is 0.000000429. The number of aromatic amines is 1. The lowest BCUT2D eigenvalue weighted by molar-refractivity contribution is -0.550. The Morgan fingerprint density at radius 2 is 1.74 bits per heavy atom. The van der Waals surface area contributed by atoms with Gasteiger partial charge in [0.1, 0.15) is 5.69 Å². The van der Waals surface area contributed by atoms with Crippen LogP contribution in [0.25, 0.3) is 27.6 Å². The van der Waals surface area contributed by atoms with Crippen LogP contribution in [0.2, 0.25) is 0 Å². The van der Waals surface area contributed by atoms with Gasteiger partial charge in [-0.25, -0.2) is 9.59 Å². The number of carboxylic acids is 1. The molecule has 2 aromatic heterocycles. The monoisotopic (exact) mass is 491 g/mol. The fourth-order valence-electron chi connectivity index (χ4n) is 3.32. The van der Waals surface area contributed by atoms with E-state index >= 15 is 0 Å². The number of benzene rings is 2. The van der Waals surface area contributed by atoms with Crippen LogP contribution in [-0.4, -0.2) is 39.7 Å². The lowest BCUT2D eigenvalue weighted by Gasteiger charge is -2.09. The largest absolute Gasteiger partial charge is 0.490 e. The van der Waals surface area contributed by atoms with Crippen LogP contribution in [0, 0.1) is 10.1 Å². The number of nitrogen functional groups attached to an aromatic ring is 1. The van der Waals surface area contributed by atoms with Crippen molar-refractivity contribution < 1.29 is 42.1 Å². The molecule has 0 fully saturated rings. The third-order valence-corrected chi connectivity index (χ3v) is 4.79. The molecule has 13 heteroatoms. The minimum absolute atomic E-state index is 0.0281. The number of aromatic nitrogens is 2. The first-order chi connectivity index (χ1) is 16.5. The van der Waals surface area contributed by atoms with E-state index in [1.807, 2.05) is 24.3 Å². The summed E-state index contributed by atoms with van der Waals surface area (Å²) in [6.07, 6.45) is -5.08. The number of hydrogen-bond donors (Lipinski definition) is 3. The van der Waals surface area contributed by atoms with E-state index in [9.17, 15) is 28.1 Å². The zero-order valence-electron chi connectivity index (χ0n) is 18.0. The molecule has 0 unspecified atom stereocenters. The van der Waals surface area contributed by atoms with Gasteiger partial charge in [0.15, 0.2) is 11.1 Å². The van der Waals surface area contributed by atoms with Gasteiger partial charge in [0.25, 0.3) is 11.5 Å². The van der Waals surface area contributed by atoms with Crippen LogP contribution in [-0.2, 0) is 9.53 Å². The van der Waals surface area contributed by atoms with Crippen molar-refractivity contribution in [1.82, 2.24) is 4.98 Å². The Morgan fingerprint density at radius 1 is 1.14 bits per heavy atom. The van der Waals surface area contributed by atoms with Crippen molar-refractivity contribution in [2.24, 2.45) is 0 Å². The topological polar surface area (TPSA) is 152 Å². The molecule has 10 nitrogen and oxygen atoms in total. The molecule has 0 spiro atoms. The number of pyridine rings is 1. The van der Waals surface area contributed by atoms with Crippen LogP contribution < -0.4 is 10.3 Å². The maximum atomic E-state index is 12.4. The highest BCUT2D eigenvalue weighted by atomic mass is 19.4. The van der Waals surface area contributed by atoms with Crippen molar-refractivity contribution in [3.8, 4) is 5.69 Å². The number of aliphatic carboxylic acids is 1. The number of hydrogen-bond acceptors (Lipinski definition) is 6. The average Bonchev–Trinajstić information content (AvgIpc) is 3.17. The fourth-order valence-corrected chi connectivity index (χ4v) is 3.32. The summed E-state index contributed by atoms with van der Waals surface area (Å²) >= 11 is 0. The van der Waals surface area contributed by atoms with E-state index in [0.717, 1.165) is 16.4 Å². The molecule has 0 aliphatic heterocycles. The van der Waals surface area contributed by atoms with Gasteiger partial charge in [0.05, 0.1) is 22.6 Å². The number of halogens is 3. The van der Waals surface area contributed by atoms with E-state index in [1.54, 1.807) is 29.7 Å². The predicted molar refractivity (Wildman–Crippen MR) is 118 cm³/mol. The van der Waals surface area contributed by atoms with E-state index in [-0.39, 0.29) is 23.7 Å². The molecule has 0 aliphatic rings. The Bertz CT molecular complexity index is 1430. The Morgan fingerprint density at radius 3 is 2.29 bits per heavy atom. The molecule has 182 valence electrons. The molecular weight excluding hydrogens is 473 g/mol. The number of nitrogens with zero attached hydrogens (tertiary/aromatic N) is 2. The summed E-state index contributed by atoms with van der Waals surface area (Å²) in [5.41, 5.74) is 9.53. The number of anilines is 1. The molecule has 0 radical (unpaired) electrons. The lowest BCUT2D eigenvalue weighted by atomic mass is 10.1. The molecule has 0 aliphatic carbocycles. The van der Waals surface area contributed by atoms with Gasteiger partial charge in [0, 0.05) is 17.5 Å². The number of carbonyl (C=O) groups is 2. The maximum Gasteiger partial charge on any atom is 0.490 e. The van der Waals surface area contributed by atoms with E-state index in [2.05, 4.69) is 4.98 Å². The molecule has 35 heavy (non-hydrogen) atoms. The standard InChI is InChI=1S/C20H16N4O4.C2HF3O2/c1-2-28-20(25)15-11-17-18(14-5-3-4-6-16(14)22-17)23(19(15)21)12-7-9-13(10-8-12)24(26)27;3-2(4,5)1(6)7/h3-11H,2H2,1H3,(H2,21,22,25);(H,6,7)/p+1. The second-order valence-electron chi connectivity index (χ2n) is 7.01. The number of fused-ring (bicyclic) bond motifs is 3. The van der Waals surface area contributed by atoms with Gasteiger partial charge < -0.3 is 14.8 Å². The van der Waals surface area contributed by atoms with Crippen LogP contribution in [0.1, 0.15) is 17.3 Å². The normalized spacial score (nSPS) is 11.1. The van der Waals surface area contributed by atoms with Gasteiger partial charge in [0.2, 0.25) is 0 Å². The Labute approximate surface area is 194 Å². The van der Waals surface area contributed by atoms with Gasteiger partial charge in [-0.15, -0.1) is 0 Å². The van der Waals surface area contributed by atoms with Crippen molar-refractivity contribution in [2.75, 3.05) is 12.3 Å². The molecule has 0 saturated carbocycles. The van der Waals surface area contributed by atoms with Crippen molar-refractivity contribution >= 4 is 45.4 Å². The second-order valence-corrected chi connectivity index (χ2v) is 7.01. The van der Waals surface area contributed by atoms with Crippen molar-refractivity contribution in [2.45, 2.75) is 13.1 Å². The number of nitro benzene ring substituents is 1. The summed E-state index contributed by atoms with van der Waals surface area (Å²) < 4.78 is 38.6. The molecule has 4 N–H and O–H groups in total. The number of nitrogens with two attached hydrogens (primary N) is 1. The summed E-state index contributed by atoms with van der Waals surface area (Å²) in [5, 5.41) is 19.0. The van der Waals surface area contributed by atoms with Crippen molar-refractivity contribution in [1.29, 1.82) is 0 Å². The first-order valence-electron chi connectivity index (χ1n) is 9.92. The molecule has 0 atom stereocenters. The van der Waals surface area contributed by atoms with E-state index < -0.39 is 23.0 Å². The molecule has 2 heterocycles. The molecule has 4 rings (SSSR count). The van der Waals surface area contributed by atoms with Crippen LogP contribution in [0.4, 0.5) is 24.7 Å². The third-order valence-electron chi connectivity index (χ3n) is 4.79. The number of non-ortho nitro benzene ring substituents is 1. The summed E-state index contributed by atoms with van der Waals surface area (Å²) in [6.45, 7) is 1.94. The van der Waals surface area contributed by atoms with E-state index in [0.29, 0.717) is 11.2 Å². The Hall–Kier alpha value is -4.68. The van der Waals surface area contributed by atoms with Gasteiger partial charge in [-0.05, 0) is 37.3 Å². The number of carbonyl (C=O) groups excluding carboxylic acids is 1. The first-order valence-corrected chi connectivity index (χ1v) is 9.92. The minimum atomic E-state index is -5.08. The van der Waals surface area contributed by atoms with Crippen LogP contribution in [0.3, 0.4) is 0 Å². The van der Waals surface area contributed by atoms with Gasteiger partial charge >= 0.3 is 18.1 Å². The predicted octanol–water partition coefficient (Wildman–Crippen LogP) is 3.90. The highest BCUT2D eigenvalue weighted by Gasteiger charge is 2.38. The number of esters is 1. The highest BCUT2D eigenvalue weighted by molar-refractivity contribution is 6.06. The van der Waals surface area contributed by atoms with Gasteiger partial charge in [-0.3, -0.25) is 15.8 Å². The van der Waals surface area contributed by atoms with Crippen molar-refractivity contribution in [3.63, 3.8) is 0 Å². The second kappa shape index (κ2) is 9.67. The number of ether oxygens (including phenoxy) is 1. The molecule has 0 bridgehead atoms. The lowest BCUT2D eigenvalue weighted by Crippen LogP contribution is -2.37. The molecule has 0 saturated heterocycles. The third kappa shape index (κ3) is 5.13. The number of H-pyrrole nitrogens is 1. The number of nitro groups is 1. The van der Waals surface area contributed by atoms with Gasteiger partial charge in [-0.2, -0.15) is 17.7 Å². The highest BCUT2D eigenvalue weighted by Crippen LogP contribution is 2.27. The number of rotatable bonds is 4. The quantitative estimate of drug-likeness (QED) is 0.169. The zero-order valence-corrected chi connectivity index (χ0v) is 18.0. The zero-order chi connectivity index (χ0) is 25.9. The summed E-state index contributed by atoms with van der Waals surface area (Å²) in [7, 11) is 0. The van der Waals surface area contributed by atoms with Crippen LogP contribution >= 0.6 is 0 Å². The summed E-state index contributed by atoms with van der Waals surface area (Å²) in [4.78, 5) is 35.1. The van der Waals surface area contributed by atoms with Crippen molar-refractivity contribution in [3.05, 3.63) is 70.3 Å². The number of para-hydroxylation sites is 1. The maximum absolute atomic E-state index is 12.4. The first kappa shape index (κ1) is 25.0. The number of alkyl halides is 3. The molecular formula is C22H18F3N4O6+. The summed E-state index contributed by atoms with van der Waals surface area (Å²) in [5.74, 6) is -3.09. The van der Waals surface area contributed by atoms with Gasteiger partial charge in [-0.1, -0.05) is 12.1 Å². The molecule has 0 amide bonds. The SMILES string of the molecule is CCOC(=O)c1cc2[nH]c3ccccc3c2[n+](-c2ccc([N+](=O)[O-])cc2)c1N.O=C(O)C(F)(F)F. The fraction of sp³-hybridized carbons (Fsp3) is 0.136. The molecule has 4 aromatic rings.